The van der Waals surface area contributed by atoms with Crippen LogP contribution in [0.15, 0.2) is 42.7 Å². The van der Waals surface area contributed by atoms with Gasteiger partial charge in [0.15, 0.2) is 5.13 Å². The molecule has 1 aliphatic rings. The van der Waals surface area contributed by atoms with Crippen LogP contribution in [0.25, 0.3) is 10.6 Å². The fraction of sp³-hybridized carbons (Fsp3) is 0.417. The van der Waals surface area contributed by atoms with Crippen molar-refractivity contribution in [2.75, 3.05) is 29.9 Å². The number of aliphatic hydroxyl groups excluding tert-OH is 1. The van der Waals surface area contributed by atoms with E-state index >= 15 is 0 Å². The van der Waals surface area contributed by atoms with Gasteiger partial charge in [-0.3, -0.25) is 4.79 Å². The van der Waals surface area contributed by atoms with E-state index in [9.17, 15) is 4.79 Å². The van der Waals surface area contributed by atoms with Crippen LogP contribution in [0.2, 0.25) is 0 Å². The van der Waals surface area contributed by atoms with Crippen LogP contribution in [0.1, 0.15) is 32.3 Å². The lowest BCUT2D eigenvalue weighted by atomic mass is 10.0. The third-order valence-electron chi connectivity index (χ3n) is 5.79. The van der Waals surface area contributed by atoms with Gasteiger partial charge in [-0.2, -0.15) is 0 Å². The lowest BCUT2D eigenvalue weighted by Crippen LogP contribution is -2.49. The lowest BCUT2D eigenvalue weighted by molar-refractivity contribution is -0.135. The molecule has 8 nitrogen and oxygen atoms in total. The van der Waals surface area contributed by atoms with Gasteiger partial charge >= 0.3 is 0 Å². The first-order valence-corrected chi connectivity index (χ1v) is 12.1. The third kappa shape index (κ3) is 5.48. The second-order valence-electron chi connectivity index (χ2n) is 8.53. The molecule has 2 N–H and O–H groups in total. The number of likely N-dealkylation sites (tertiary alicyclic amines) is 1. The molecule has 4 rings (SSSR count). The van der Waals surface area contributed by atoms with Crippen LogP contribution in [0.3, 0.4) is 0 Å². The highest BCUT2D eigenvalue weighted by Crippen LogP contribution is 2.34. The van der Waals surface area contributed by atoms with Gasteiger partial charge in [-0.25, -0.2) is 15.0 Å². The second-order valence-corrected chi connectivity index (χ2v) is 9.54. The Balaban J connectivity index is 1.50. The van der Waals surface area contributed by atoms with E-state index in [0.717, 1.165) is 45.7 Å². The van der Waals surface area contributed by atoms with E-state index in [1.165, 1.54) is 0 Å². The average Bonchev–Trinajstić information content (AvgIpc) is 3.29. The van der Waals surface area contributed by atoms with Crippen molar-refractivity contribution >= 4 is 34.0 Å². The Morgan fingerprint density at radius 3 is 2.73 bits per heavy atom. The Bertz CT molecular complexity index is 1090. The molecule has 0 bridgehead atoms. The Morgan fingerprint density at radius 2 is 2.03 bits per heavy atom. The van der Waals surface area contributed by atoms with Crippen LogP contribution < -0.4 is 10.2 Å². The van der Waals surface area contributed by atoms with E-state index in [0.29, 0.717) is 19.1 Å². The number of carbonyl (C=O) groups is 1. The molecule has 0 spiro atoms. The number of carbonyl (C=O) groups excluding carboxylic acids is 1. The van der Waals surface area contributed by atoms with Gasteiger partial charge in [0, 0.05) is 37.6 Å². The molecule has 0 atom stereocenters. The summed E-state index contributed by atoms with van der Waals surface area (Å²) in [6, 6.07) is 10.4. The molecule has 3 aromatic heterocycles. The summed E-state index contributed by atoms with van der Waals surface area (Å²) in [6.07, 6.45) is 5.39. The van der Waals surface area contributed by atoms with Crippen LogP contribution in [0.4, 0.5) is 16.8 Å². The van der Waals surface area contributed by atoms with Gasteiger partial charge in [0.25, 0.3) is 0 Å². The quantitative estimate of drug-likeness (QED) is 0.546. The number of aryl methyl sites for hydroxylation is 1. The molecule has 0 saturated carbocycles. The van der Waals surface area contributed by atoms with Gasteiger partial charge in [0.1, 0.15) is 18.2 Å². The van der Waals surface area contributed by atoms with Crippen molar-refractivity contribution in [3.8, 4) is 10.6 Å². The van der Waals surface area contributed by atoms with Crippen molar-refractivity contribution in [2.24, 2.45) is 0 Å². The third-order valence-corrected chi connectivity index (χ3v) is 6.82. The van der Waals surface area contributed by atoms with E-state index in [1.807, 2.05) is 43.5 Å². The van der Waals surface area contributed by atoms with E-state index in [4.69, 9.17) is 15.1 Å². The fourth-order valence-electron chi connectivity index (χ4n) is 4.17. The molecule has 1 fully saturated rings. The smallest absolute Gasteiger partial charge is 0.248 e. The van der Waals surface area contributed by atoms with Crippen molar-refractivity contribution in [1.82, 2.24) is 19.9 Å². The number of aliphatic hydroxyl groups is 1. The summed E-state index contributed by atoms with van der Waals surface area (Å²) in [4.78, 5) is 30.8. The van der Waals surface area contributed by atoms with E-state index in [1.54, 1.807) is 22.4 Å². The molecule has 0 aromatic carbocycles. The summed E-state index contributed by atoms with van der Waals surface area (Å²) in [5.74, 6) is 1.31. The topological polar surface area (TPSA) is 94.5 Å². The number of hydrogen-bond donors (Lipinski definition) is 2. The predicted molar refractivity (Wildman–Crippen MR) is 132 cm³/mol. The number of pyridine rings is 2. The number of nitrogens with zero attached hydrogens (tertiary/aromatic N) is 5. The molecule has 1 saturated heterocycles. The zero-order chi connectivity index (χ0) is 23.4. The highest BCUT2D eigenvalue weighted by molar-refractivity contribution is 7.18. The minimum Gasteiger partial charge on any atom is -0.387 e. The summed E-state index contributed by atoms with van der Waals surface area (Å²) in [7, 11) is 0. The minimum absolute atomic E-state index is 0.193. The SMILES string of the molecule is Cc1ccnc(Nc2cccc(-c3cnc(N(C(C)C)C4CCN(C(=O)CO)CC4)s3)n2)c1. The predicted octanol–water partition coefficient (Wildman–Crippen LogP) is 3.85. The molecule has 1 aliphatic heterocycles. The second kappa shape index (κ2) is 10.3. The number of aromatic nitrogens is 3. The number of hydrogen-bond acceptors (Lipinski definition) is 8. The Kier molecular flexibility index (Phi) is 7.20. The lowest BCUT2D eigenvalue weighted by Gasteiger charge is -2.40. The summed E-state index contributed by atoms with van der Waals surface area (Å²) in [5, 5.41) is 13.4. The van der Waals surface area contributed by atoms with Gasteiger partial charge < -0.3 is 20.2 Å². The van der Waals surface area contributed by atoms with Crippen molar-refractivity contribution in [2.45, 2.75) is 45.7 Å². The molecule has 9 heteroatoms. The molecule has 4 heterocycles. The maximum absolute atomic E-state index is 11.8. The minimum atomic E-state index is -0.421. The monoisotopic (exact) mass is 466 g/mol. The summed E-state index contributed by atoms with van der Waals surface area (Å²) in [6.45, 7) is 7.27. The first kappa shape index (κ1) is 23.1. The molecule has 0 aliphatic carbocycles. The Hall–Kier alpha value is -3.04. The molecule has 33 heavy (non-hydrogen) atoms. The molecule has 0 unspecified atom stereocenters. The largest absolute Gasteiger partial charge is 0.387 e. The summed E-state index contributed by atoms with van der Waals surface area (Å²) >= 11 is 1.63. The number of piperidine rings is 1. The van der Waals surface area contributed by atoms with Crippen LogP contribution in [0, 0.1) is 6.92 Å². The first-order valence-electron chi connectivity index (χ1n) is 11.2. The van der Waals surface area contributed by atoms with Crippen molar-refractivity contribution in [3.05, 3.63) is 48.3 Å². The highest BCUT2D eigenvalue weighted by atomic mass is 32.1. The summed E-state index contributed by atoms with van der Waals surface area (Å²) in [5.41, 5.74) is 2.00. The van der Waals surface area contributed by atoms with Crippen LogP contribution in [-0.2, 0) is 4.79 Å². The van der Waals surface area contributed by atoms with Crippen LogP contribution in [-0.4, -0.2) is 62.6 Å². The fourth-order valence-corrected chi connectivity index (χ4v) is 5.26. The zero-order valence-corrected chi connectivity index (χ0v) is 20.0. The normalized spacial score (nSPS) is 14.5. The van der Waals surface area contributed by atoms with E-state index in [2.05, 4.69) is 29.0 Å². The number of rotatable bonds is 7. The molecule has 0 radical (unpaired) electrons. The first-order chi connectivity index (χ1) is 15.9. The molecule has 1 amide bonds. The van der Waals surface area contributed by atoms with Gasteiger partial charge in [-0.1, -0.05) is 17.4 Å². The maximum atomic E-state index is 11.8. The maximum Gasteiger partial charge on any atom is 0.248 e. The van der Waals surface area contributed by atoms with Crippen LogP contribution in [0.5, 0.6) is 0 Å². The van der Waals surface area contributed by atoms with Gasteiger partial charge in [0.05, 0.1) is 10.6 Å². The molecular formula is C24H30N6O2S. The standard InChI is InChI=1S/C24H30N6O2S/c1-16(2)30(18-8-11-29(12-9-18)23(32)15-31)24-26-14-20(33-24)19-5-4-6-21(27-19)28-22-13-17(3)7-10-25-22/h4-7,10,13-14,16,18,31H,8-9,11-12,15H2,1-3H3,(H,25,27,28). The Labute approximate surface area is 198 Å². The van der Waals surface area contributed by atoms with Gasteiger partial charge in [-0.05, 0) is 63.4 Å². The number of amides is 1. The zero-order valence-electron chi connectivity index (χ0n) is 19.2. The molecule has 174 valence electrons. The van der Waals surface area contributed by atoms with Crippen molar-refractivity contribution in [3.63, 3.8) is 0 Å². The van der Waals surface area contributed by atoms with Crippen molar-refractivity contribution in [1.29, 1.82) is 0 Å². The van der Waals surface area contributed by atoms with Gasteiger partial charge in [0.2, 0.25) is 5.91 Å². The van der Waals surface area contributed by atoms with Crippen molar-refractivity contribution < 1.29 is 9.90 Å². The van der Waals surface area contributed by atoms with Crippen LogP contribution >= 0.6 is 11.3 Å². The Morgan fingerprint density at radius 1 is 1.24 bits per heavy atom. The average molecular weight is 467 g/mol. The van der Waals surface area contributed by atoms with Gasteiger partial charge in [-0.15, -0.1) is 0 Å². The molecular weight excluding hydrogens is 436 g/mol. The summed E-state index contributed by atoms with van der Waals surface area (Å²) < 4.78 is 0. The van der Waals surface area contributed by atoms with E-state index in [-0.39, 0.29) is 11.9 Å². The number of nitrogens with one attached hydrogen (secondary N) is 1. The highest BCUT2D eigenvalue weighted by Gasteiger charge is 2.29. The molecule has 3 aromatic rings. The number of anilines is 3. The van der Waals surface area contributed by atoms with E-state index < -0.39 is 6.61 Å². The number of thiazole rings is 1.